The van der Waals surface area contributed by atoms with Crippen molar-refractivity contribution in [2.75, 3.05) is 0 Å². The molecule has 0 radical (unpaired) electrons. The van der Waals surface area contributed by atoms with Crippen molar-refractivity contribution in [2.24, 2.45) is 0 Å². The zero-order valence-electron chi connectivity index (χ0n) is 7.99. The van der Waals surface area contributed by atoms with Gasteiger partial charge < -0.3 is 5.11 Å². The minimum atomic E-state index is 0. The summed E-state index contributed by atoms with van der Waals surface area (Å²) in [6.45, 7) is 3.95. The van der Waals surface area contributed by atoms with Gasteiger partial charge in [0.15, 0.2) is 0 Å². The summed E-state index contributed by atoms with van der Waals surface area (Å²) < 4.78 is 0. The van der Waals surface area contributed by atoms with Crippen LogP contribution in [0.15, 0.2) is 42.5 Å². The van der Waals surface area contributed by atoms with Gasteiger partial charge in [0.2, 0.25) is 0 Å². The summed E-state index contributed by atoms with van der Waals surface area (Å²) in [5.41, 5.74) is 1.96. The van der Waals surface area contributed by atoms with Gasteiger partial charge in [0.05, 0.1) is 0 Å². The molecule has 0 aliphatic rings. The molecule has 1 aromatic rings. The van der Waals surface area contributed by atoms with E-state index < -0.39 is 0 Å². The minimum Gasteiger partial charge on any atom is -0.507 e. The van der Waals surface area contributed by atoms with E-state index >= 15 is 0 Å². The molecule has 0 spiro atoms. The Morgan fingerprint density at radius 1 is 1.29 bits per heavy atom. The molecule has 0 aliphatic carbocycles. The Morgan fingerprint density at radius 2 is 1.93 bits per heavy atom. The largest absolute Gasteiger partial charge is 0.507 e. The molecule has 1 aromatic carbocycles. The zero-order valence-corrected chi connectivity index (χ0v) is 7.99. The van der Waals surface area contributed by atoms with Crippen molar-refractivity contribution in [3.63, 3.8) is 0 Å². The maximum absolute atomic E-state index is 9.52. The summed E-state index contributed by atoms with van der Waals surface area (Å²) in [6, 6.07) is 7.34. The van der Waals surface area contributed by atoms with Crippen LogP contribution in [-0.2, 0) is 0 Å². The number of hydrogen-bond acceptors (Lipinski definition) is 1. The van der Waals surface area contributed by atoms with E-state index in [9.17, 15) is 5.11 Å². The quantitative estimate of drug-likeness (QED) is 0.699. The van der Waals surface area contributed by atoms with Gasteiger partial charge in [0.1, 0.15) is 5.75 Å². The van der Waals surface area contributed by atoms with E-state index in [2.05, 4.69) is 0 Å². The molecule has 0 aliphatic heterocycles. The monoisotopic (exact) mass is 190 g/mol. The van der Waals surface area contributed by atoms with E-state index in [1.807, 2.05) is 50.3 Å². The highest BCUT2D eigenvalue weighted by molar-refractivity contribution is 5.69. The molecule has 0 bridgehead atoms. The predicted octanol–water partition coefficient (Wildman–Crippen LogP) is 4.01. The van der Waals surface area contributed by atoms with Crippen molar-refractivity contribution in [2.45, 2.75) is 21.3 Å². The fraction of sp³-hybridized carbons (Fsp3) is 0.231. The molecule has 14 heavy (non-hydrogen) atoms. The second kappa shape index (κ2) is 6.03. The smallest absolute Gasteiger partial charge is 0.123 e. The van der Waals surface area contributed by atoms with Crippen LogP contribution in [0.3, 0.4) is 0 Å². The summed E-state index contributed by atoms with van der Waals surface area (Å²) in [5, 5.41) is 9.52. The molecule has 0 heterocycles. The summed E-state index contributed by atoms with van der Waals surface area (Å²) in [5.74, 6) is 0.334. The first kappa shape index (κ1) is 12.5. The van der Waals surface area contributed by atoms with Gasteiger partial charge in [0.25, 0.3) is 0 Å². The van der Waals surface area contributed by atoms with Gasteiger partial charge >= 0.3 is 0 Å². The van der Waals surface area contributed by atoms with Crippen LogP contribution in [0.1, 0.15) is 26.8 Å². The summed E-state index contributed by atoms with van der Waals surface area (Å²) in [4.78, 5) is 0. The van der Waals surface area contributed by atoms with Crippen LogP contribution in [0.2, 0.25) is 0 Å². The van der Waals surface area contributed by atoms with E-state index in [1.165, 1.54) is 0 Å². The van der Waals surface area contributed by atoms with Crippen LogP contribution < -0.4 is 0 Å². The third-order valence-electron chi connectivity index (χ3n) is 1.87. The van der Waals surface area contributed by atoms with E-state index in [1.54, 1.807) is 6.07 Å². The highest BCUT2D eigenvalue weighted by Gasteiger charge is 1.99. The summed E-state index contributed by atoms with van der Waals surface area (Å²) in [7, 11) is 0. The summed E-state index contributed by atoms with van der Waals surface area (Å²) >= 11 is 0. The maximum atomic E-state index is 9.52. The number of hydrogen-bond donors (Lipinski definition) is 1. The maximum Gasteiger partial charge on any atom is 0.123 e. The number of para-hydroxylation sites is 1. The molecular weight excluding hydrogens is 172 g/mol. The van der Waals surface area contributed by atoms with Crippen LogP contribution in [0.4, 0.5) is 0 Å². The molecule has 1 heteroatoms. The topological polar surface area (TPSA) is 20.2 Å². The molecule has 1 rings (SSSR count). The average Bonchev–Trinajstić information content (AvgIpc) is 2.15. The first-order chi connectivity index (χ1) is 6.25. The number of rotatable bonds is 2. The second-order valence-corrected chi connectivity index (χ2v) is 2.89. The number of benzene rings is 1. The Hall–Kier alpha value is -1.50. The highest BCUT2D eigenvalue weighted by Crippen LogP contribution is 2.23. The third-order valence-corrected chi connectivity index (χ3v) is 1.87. The number of phenols is 1. The highest BCUT2D eigenvalue weighted by atomic mass is 16.3. The van der Waals surface area contributed by atoms with Crippen LogP contribution in [0, 0.1) is 0 Å². The Labute approximate surface area is 86.4 Å². The lowest BCUT2D eigenvalue weighted by Gasteiger charge is -2.02. The lowest BCUT2D eigenvalue weighted by atomic mass is 10.1. The molecule has 0 amide bonds. The Morgan fingerprint density at radius 3 is 2.50 bits per heavy atom. The van der Waals surface area contributed by atoms with Gasteiger partial charge in [-0.3, -0.25) is 0 Å². The van der Waals surface area contributed by atoms with Crippen LogP contribution in [-0.4, -0.2) is 5.11 Å². The molecule has 1 nitrogen and oxygen atoms in total. The lowest BCUT2D eigenvalue weighted by molar-refractivity contribution is 0.473. The van der Waals surface area contributed by atoms with Crippen molar-refractivity contribution in [3.8, 4) is 5.75 Å². The Kier molecular flexibility index (Phi) is 5.38. The first-order valence-corrected chi connectivity index (χ1v) is 4.33. The van der Waals surface area contributed by atoms with Crippen LogP contribution >= 0.6 is 0 Å². The van der Waals surface area contributed by atoms with Crippen LogP contribution in [0.5, 0.6) is 5.75 Å². The van der Waals surface area contributed by atoms with E-state index in [-0.39, 0.29) is 7.43 Å². The zero-order chi connectivity index (χ0) is 9.68. The minimum absolute atomic E-state index is 0. The fourth-order valence-corrected chi connectivity index (χ4v) is 1.14. The molecular formula is C13H18O. The SMILES string of the molecule is C.C/C=C\C=C(/C)c1ccccc1O. The van der Waals surface area contributed by atoms with Crippen molar-refractivity contribution in [1.82, 2.24) is 0 Å². The normalized spacial score (nSPS) is 11.4. The van der Waals surface area contributed by atoms with Gasteiger partial charge in [-0.05, 0) is 25.5 Å². The average molecular weight is 190 g/mol. The van der Waals surface area contributed by atoms with Crippen molar-refractivity contribution in [3.05, 3.63) is 48.1 Å². The van der Waals surface area contributed by atoms with Crippen molar-refractivity contribution in [1.29, 1.82) is 0 Å². The standard InChI is InChI=1S/C12H14O.CH4/c1-3-4-7-10(2)11-8-5-6-9-12(11)13;/h3-9,13H,1-2H3;1H4/b4-3-,10-7+;. The van der Waals surface area contributed by atoms with Crippen molar-refractivity contribution < 1.29 is 5.11 Å². The fourth-order valence-electron chi connectivity index (χ4n) is 1.14. The van der Waals surface area contributed by atoms with E-state index in [4.69, 9.17) is 0 Å². The molecule has 0 aromatic heterocycles. The molecule has 0 atom stereocenters. The Balaban J connectivity index is 0.00000169. The molecule has 0 saturated heterocycles. The number of allylic oxidation sites excluding steroid dienone is 4. The van der Waals surface area contributed by atoms with Gasteiger partial charge in [-0.1, -0.05) is 43.9 Å². The van der Waals surface area contributed by atoms with E-state index in [0.717, 1.165) is 11.1 Å². The van der Waals surface area contributed by atoms with E-state index in [0.29, 0.717) is 5.75 Å². The molecule has 0 unspecified atom stereocenters. The third kappa shape index (κ3) is 3.09. The lowest BCUT2D eigenvalue weighted by Crippen LogP contribution is -1.79. The molecule has 0 saturated carbocycles. The first-order valence-electron chi connectivity index (χ1n) is 4.33. The van der Waals surface area contributed by atoms with Gasteiger partial charge in [-0.25, -0.2) is 0 Å². The second-order valence-electron chi connectivity index (χ2n) is 2.89. The number of phenolic OH excluding ortho intramolecular Hbond substituents is 1. The Bertz CT molecular complexity index is 335. The van der Waals surface area contributed by atoms with Gasteiger partial charge in [0, 0.05) is 5.56 Å². The molecule has 76 valence electrons. The van der Waals surface area contributed by atoms with Crippen LogP contribution in [0.25, 0.3) is 5.57 Å². The summed E-state index contributed by atoms with van der Waals surface area (Å²) in [6.07, 6.45) is 5.90. The molecule has 1 N–H and O–H groups in total. The number of aromatic hydroxyl groups is 1. The van der Waals surface area contributed by atoms with Gasteiger partial charge in [-0.2, -0.15) is 0 Å². The molecule has 0 fully saturated rings. The van der Waals surface area contributed by atoms with Crippen molar-refractivity contribution >= 4 is 5.57 Å². The van der Waals surface area contributed by atoms with Gasteiger partial charge in [-0.15, -0.1) is 0 Å². The predicted molar refractivity (Wildman–Crippen MR) is 63.3 cm³/mol.